The topological polar surface area (TPSA) is 45.3 Å². The molecular weight excluding hydrogens is 790 g/mol. The molecule has 6 aromatic rings. The van der Waals surface area contributed by atoms with Crippen LogP contribution in [0.2, 0.25) is 0 Å². The van der Waals surface area contributed by atoms with Crippen LogP contribution >= 0.6 is 0 Å². The van der Waals surface area contributed by atoms with Crippen molar-refractivity contribution < 1.29 is 71.3 Å². The molecule has 7 nitrogen and oxygen atoms in total. The summed E-state index contributed by atoms with van der Waals surface area (Å²) in [6, 6.07) is 30.1. The van der Waals surface area contributed by atoms with Gasteiger partial charge in [0.05, 0.1) is 39.6 Å². The average Bonchev–Trinajstić information content (AvgIpc) is 3.69. The van der Waals surface area contributed by atoms with Gasteiger partial charge >= 0.3 is 0 Å². The molecule has 2 aromatic heterocycles. The summed E-state index contributed by atoms with van der Waals surface area (Å²) in [5.74, 6) is 0. The largest absolute Gasteiger partial charge is 1.00 e. The minimum atomic E-state index is 0. The van der Waals surface area contributed by atoms with E-state index in [9.17, 15) is 0 Å². The van der Waals surface area contributed by atoms with E-state index < -0.39 is 0 Å². The van der Waals surface area contributed by atoms with Crippen molar-refractivity contribution in [2.75, 3.05) is 39.6 Å². The highest BCUT2D eigenvalue weighted by molar-refractivity contribution is 5.86. The minimum Gasteiger partial charge on any atom is -1.00 e. The molecule has 0 atom stereocenters. The fourth-order valence-corrected chi connectivity index (χ4v) is 5.47. The van der Waals surface area contributed by atoms with Crippen LogP contribution in [0.15, 0.2) is 122 Å². The second-order valence-corrected chi connectivity index (χ2v) is 10.8. The van der Waals surface area contributed by atoms with Gasteiger partial charge in [0.25, 0.3) is 0 Å². The van der Waals surface area contributed by atoms with E-state index in [4.69, 9.17) is 14.2 Å². The van der Waals surface area contributed by atoms with Crippen molar-refractivity contribution in [2.24, 2.45) is 0 Å². The van der Waals surface area contributed by atoms with Crippen molar-refractivity contribution in [1.82, 2.24) is 9.13 Å². The van der Waals surface area contributed by atoms with Gasteiger partial charge in [-0.3, -0.25) is 0 Å². The highest BCUT2D eigenvalue weighted by atomic mass is 127. The number of hydrogen-bond donors (Lipinski definition) is 0. The predicted molar refractivity (Wildman–Crippen MR) is 168 cm³/mol. The SMILES string of the molecule is [I-].[I-].c1ccc2c(C[n+]3ccn(CCOCCOCCOCCn4cc[n+](Cc5cccc6ccccc56)c4)c3)cccc2c1. The summed E-state index contributed by atoms with van der Waals surface area (Å²) in [5, 5.41) is 5.17. The highest BCUT2D eigenvalue weighted by Crippen LogP contribution is 2.19. The van der Waals surface area contributed by atoms with Gasteiger partial charge in [0.15, 0.2) is 0 Å². The molecule has 0 N–H and O–H groups in total. The first kappa shape index (κ1) is 35.0. The second kappa shape index (κ2) is 18.3. The number of hydrogen-bond acceptors (Lipinski definition) is 3. The maximum Gasteiger partial charge on any atom is 0.244 e. The lowest BCUT2D eigenvalue weighted by atomic mass is 10.0. The van der Waals surface area contributed by atoms with Gasteiger partial charge in [-0.2, -0.15) is 0 Å². The molecule has 0 aliphatic heterocycles. The molecule has 9 heteroatoms. The van der Waals surface area contributed by atoms with Gasteiger partial charge in [0.1, 0.15) is 51.0 Å². The molecule has 0 aliphatic rings. The number of benzene rings is 4. The monoisotopic (exact) mass is 830 g/mol. The molecule has 0 bridgehead atoms. The molecule has 0 spiro atoms. The van der Waals surface area contributed by atoms with Crippen molar-refractivity contribution in [1.29, 1.82) is 0 Å². The van der Waals surface area contributed by atoms with Crippen LogP contribution in [0.4, 0.5) is 0 Å². The Balaban J connectivity index is 0.00000230. The van der Waals surface area contributed by atoms with Gasteiger partial charge in [-0.05, 0) is 21.5 Å². The van der Waals surface area contributed by atoms with Crippen LogP contribution in [-0.2, 0) is 40.4 Å². The van der Waals surface area contributed by atoms with Crippen molar-refractivity contribution in [3.63, 3.8) is 0 Å². The third-order valence-corrected chi connectivity index (χ3v) is 7.69. The lowest BCUT2D eigenvalue weighted by molar-refractivity contribution is -0.687. The van der Waals surface area contributed by atoms with Gasteiger partial charge < -0.3 is 62.2 Å². The fraction of sp³-hybridized carbons (Fsp3) is 0.278. The number of fused-ring (bicyclic) bond motifs is 2. The van der Waals surface area contributed by atoms with Crippen LogP contribution in [0.3, 0.4) is 0 Å². The summed E-state index contributed by atoms with van der Waals surface area (Å²) in [5.41, 5.74) is 2.65. The smallest absolute Gasteiger partial charge is 0.244 e. The Morgan fingerprint density at radius 3 is 1.33 bits per heavy atom. The summed E-state index contributed by atoms with van der Waals surface area (Å²) in [6.45, 7) is 6.93. The lowest BCUT2D eigenvalue weighted by Crippen LogP contribution is -3.00. The van der Waals surface area contributed by atoms with Gasteiger partial charge in [0.2, 0.25) is 12.7 Å². The van der Waals surface area contributed by atoms with E-state index in [0.717, 1.165) is 26.2 Å². The van der Waals surface area contributed by atoms with Gasteiger partial charge in [-0.15, -0.1) is 0 Å². The Kier molecular flexibility index (Phi) is 14.3. The normalized spacial score (nSPS) is 11.0. The van der Waals surface area contributed by atoms with Crippen LogP contribution in [0.5, 0.6) is 0 Å². The van der Waals surface area contributed by atoms with Crippen molar-refractivity contribution in [3.05, 3.63) is 133 Å². The van der Waals surface area contributed by atoms with E-state index in [2.05, 4.69) is 141 Å². The summed E-state index contributed by atoms with van der Waals surface area (Å²) in [4.78, 5) is 0. The lowest BCUT2D eigenvalue weighted by Gasteiger charge is -2.06. The number of aromatic nitrogens is 4. The first-order valence-electron chi connectivity index (χ1n) is 15.1. The molecular formula is C36H40I2N4O3. The molecule has 0 amide bonds. The molecule has 4 aromatic carbocycles. The van der Waals surface area contributed by atoms with Crippen molar-refractivity contribution >= 4 is 21.5 Å². The van der Waals surface area contributed by atoms with Crippen LogP contribution in [-0.4, -0.2) is 48.8 Å². The minimum absolute atomic E-state index is 0. The molecule has 45 heavy (non-hydrogen) atoms. The Labute approximate surface area is 299 Å². The van der Waals surface area contributed by atoms with Crippen LogP contribution in [0, 0.1) is 0 Å². The molecule has 0 saturated heterocycles. The van der Waals surface area contributed by atoms with E-state index in [0.29, 0.717) is 39.6 Å². The fourth-order valence-electron chi connectivity index (χ4n) is 5.47. The summed E-state index contributed by atoms with van der Waals surface area (Å²) < 4.78 is 26.0. The quantitative estimate of drug-likeness (QED) is 0.0718. The van der Waals surface area contributed by atoms with Crippen molar-refractivity contribution in [2.45, 2.75) is 26.2 Å². The van der Waals surface area contributed by atoms with Crippen LogP contribution < -0.4 is 57.1 Å². The van der Waals surface area contributed by atoms with Gasteiger partial charge in [-0.25, -0.2) is 18.3 Å². The maximum absolute atomic E-state index is 5.78. The zero-order valence-electron chi connectivity index (χ0n) is 25.4. The second-order valence-electron chi connectivity index (χ2n) is 10.8. The number of rotatable bonds is 16. The predicted octanol–water partition coefficient (Wildman–Crippen LogP) is -0.974. The zero-order chi connectivity index (χ0) is 29.1. The molecule has 0 saturated carbocycles. The first-order chi connectivity index (χ1) is 21.3. The maximum atomic E-state index is 5.78. The number of imidazole rings is 2. The molecule has 0 aliphatic carbocycles. The Bertz CT molecular complexity index is 1620. The number of nitrogens with zero attached hydrogens (tertiary/aromatic N) is 4. The van der Waals surface area contributed by atoms with Gasteiger partial charge in [0, 0.05) is 11.1 Å². The highest BCUT2D eigenvalue weighted by Gasteiger charge is 2.09. The third-order valence-electron chi connectivity index (χ3n) is 7.69. The first-order valence-corrected chi connectivity index (χ1v) is 15.1. The summed E-state index contributed by atoms with van der Waals surface area (Å²) in [7, 11) is 0. The Morgan fingerprint density at radius 1 is 0.467 bits per heavy atom. The molecule has 0 fully saturated rings. The zero-order valence-corrected chi connectivity index (χ0v) is 29.7. The third kappa shape index (κ3) is 10.1. The van der Waals surface area contributed by atoms with Crippen LogP contribution in [0.25, 0.3) is 21.5 Å². The number of halogens is 2. The van der Waals surface area contributed by atoms with E-state index in [1.807, 2.05) is 0 Å². The van der Waals surface area contributed by atoms with E-state index >= 15 is 0 Å². The number of ether oxygens (including phenoxy) is 3. The summed E-state index contributed by atoms with van der Waals surface area (Å²) >= 11 is 0. The van der Waals surface area contributed by atoms with E-state index in [1.54, 1.807) is 0 Å². The molecule has 236 valence electrons. The van der Waals surface area contributed by atoms with Crippen molar-refractivity contribution in [3.8, 4) is 0 Å². The summed E-state index contributed by atoms with van der Waals surface area (Å²) in [6.07, 6.45) is 12.7. The molecule has 2 heterocycles. The van der Waals surface area contributed by atoms with E-state index in [-0.39, 0.29) is 48.0 Å². The Morgan fingerprint density at radius 2 is 0.867 bits per heavy atom. The average molecular weight is 831 g/mol. The standard InChI is InChI=1S/C36H40N4O3.2HI/c1-3-13-35-31(7-1)9-5-11-33(35)27-39-17-15-37(29-39)19-21-41-23-25-43-26-24-42-22-20-38-16-18-40(30-38)28-34-12-6-10-32-8-2-4-14-36(32)34;;/h1-18,29-30H,19-28H2;2*1H/q+2;;/p-2. The molecule has 0 radical (unpaired) electrons. The molecule has 6 rings (SSSR count). The van der Waals surface area contributed by atoms with Gasteiger partial charge in [-0.1, -0.05) is 84.9 Å². The molecule has 0 unspecified atom stereocenters. The van der Waals surface area contributed by atoms with E-state index in [1.165, 1.54) is 32.7 Å². The van der Waals surface area contributed by atoms with Crippen LogP contribution in [0.1, 0.15) is 11.1 Å². The Hall–Kier alpha value is -2.84.